The van der Waals surface area contributed by atoms with Gasteiger partial charge in [-0.05, 0) is 89.9 Å². The van der Waals surface area contributed by atoms with Crippen molar-refractivity contribution >= 4 is 13.7 Å². The normalized spacial score (nSPS) is 14.9. The highest BCUT2D eigenvalue weighted by atomic mass is 31.2. The number of aliphatic hydroxyl groups is 1. The molecule has 0 saturated carbocycles. The number of nitrogens with one attached hydrogen (secondary N) is 1. The SMILES string of the molecule is CC/C=C\C/C=C\C/C=C\C/C=C\C/C=C\C/C=C\C/C=C\CCCCCCCCCCCCCC(=O)NC(COP(=O)([O-])OCC[N+](C)(C)C)C(O)/C=C/CC/C=C/CCCCCCCC. The van der Waals surface area contributed by atoms with E-state index in [0.717, 1.165) is 83.5 Å². The Labute approximate surface area is 412 Å². The lowest BCUT2D eigenvalue weighted by Gasteiger charge is -2.29. The molecule has 0 spiro atoms. The molecule has 1 amide bonds. The maximum absolute atomic E-state index is 12.9. The van der Waals surface area contributed by atoms with Crippen LogP contribution in [0.4, 0.5) is 0 Å². The Balaban J connectivity index is 4.16. The minimum atomic E-state index is -4.60. The summed E-state index contributed by atoms with van der Waals surface area (Å²) in [5.74, 6) is -0.217. The summed E-state index contributed by atoms with van der Waals surface area (Å²) in [6.07, 6.45) is 70.2. The van der Waals surface area contributed by atoms with E-state index in [2.05, 4.69) is 116 Å². The summed E-state index contributed by atoms with van der Waals surface area (Å²) in [4.78, 5) is 25.4. The van der Waals surface area contributed by atoms with Crippen LogP contribution in [0.2, 0.25) is 0 Å². The van der Waals surface area contributed by atoms with Gasteiger partial charge < -0.3 is 28.8 Å². The number of carbonyl (C=O) groups excluding carboxylic acids is 1. The Hall–Kier alpha value is -2.84. The van der Waals surface area contributed by atoms with Crippen LogP contribution in [-0.4, -0.2) is 68.5 Å². The molecular formula is C58H101N2O6P. The van der Waals surface area contributed by atoms with E-state index in [-0.39, 0.29) is 12.5 Å². The van der Waals surface area contributed by atoms with Gasteiger partial charge in [-0.1, -0.05) is 213 Å². The van der Waals surface area contributed by atoms with Crippen molar-refractivity contribution in [1.82, 2.24) is 5.32 Å². The molecule has 67 heavy (non-hydrogen) atoms. The van der Waals surface area contributed by atoms with Crippen molar-refractivity contribution in [3.63, 3.8) is 0 Å². The summed E-state index contributed by atoms with van der Waals surface area (Å²) in [7, 11) is 1.23. The van der Waals surface area contributed by atoms with E-state index in [1.165, 1.54) is 96.3 Å². The lowest BCUT2D eigenvalue weighted by Crippen LogP contribution is -2.45. The zero-order valence-electron chi connectivity index (χ0n) is 43.6. The molecule has 0 aliphatic carbocycles. The summed E-state index contributed by atoms with van der Waals surface area (Å²) in [5, 5.41) is 13.8. The standard InChI is InChI=1S/C58H101N2O6P/c1-6-8-10-12-14-16-18-20-21-22-23-24-25-26-27-28-29-30-31-32-33-34-35-36-37-38-39-40-42-44-46-48-50-52-58(62)59-56(55-66-67(63,64)65-54-53-60(3,4)5)57(61)51-49-47-45-43-41-19-17-15-13-11-9-7-2/h8,10,14,16,20-21,23-24,26-27,29-30,32-33,41,43,49,51,56-57,61H,6-7,9,11-13,15,17-19,22,25,28,31,34-40,42,44-48,50,52-55H2,1-5H3,(H-,59,62,63,64)/b10-8-,16-14-,21-20-,24-23-,27-26-,30-29-,33-32-,43-41+,51-49+. The van der Waals surface area contributed by atoms with E-state index in [4.69, 9.17) is 9.05 Å². The van der Waals surface area contributed by atoms with Gasteiger partial charge in [0.15, 0.2) is 0 Å². The third kappa shape index (κ3) is 50.9. The molecule has 0 fully saturated rings. The van der Waals surface area contributed by atoms with Crippen LogP contribution in [0.15, 0.2) is 109 Å². The van der Waals surface area contributed by atoms with Gasteiger partial charge in [0.05, 0.1) is 39.9 Å². The first-order valence-electron chi connectivity index (χ1n) is 26.7. The molecule has 0 bridgehead atoms. The van der Waals surface area contributed by atoms with Gasteiger partial charge in [0.1, 0.15) is 13.2 Å². The molecule has 8 nitrogen and oxygen atoms in total. The Morgan fingerprint density at radius 3 is 1.39 bits per heavy atom. The molecule has 3 atom stereocenters. The van der Waals surface area contributed by atoms with Crippen molar-refractivity contribution in [2.75, 3.05) is 40.9 Å². The van der Waals surface area contributed by atoms with Crippen molar-refractivity contribution < 1.29 is 32.9 Å². The van der Waals surface area contributed by atoms with E-state index in [0.29, 0.717) is 17.4 Å². The second-order valence-corrected chi connectivity index (χ2v) is 20.2. The first-order chi connectivity index (χ1) is 32.5. The summed E-state index contributed by atoms with van der Waals surface area (Å²) < 4.78 is 23.2. The van der Waals surface area contributed by atoms with E-state index >= 15 is 0 Å². The van der Waals surface area contributed by atoms with Crippen LogP contribution in [0.5, 0.6) is 0 Å². The zero-order chi connectivity index (χ0) is 49.2. The molecule has 0 saturated heterocycles. The number of likely N-dealkylation sites (N-methyl/N-ethyl adjacent to an activating group) is 1. The number of allylic oxidation sites excluding steroid dienone is 17. The fraction of sp³-hybridized carbons (Fsp3) is 0.672. The number of phosphoric ester groups is 1. The molecule has 9 heteroatoms. The van der Waals surface area contributed by atoms with Gasteiger partial charge in [0, 0.05) is 6.42 Å². The van der Waals surface area contributed by atoms with Gasteiger partial charge in [0.25, 0.3) is 7.82 Å². The quantitative estimate of drug-likeness (QED) is 0.0272. The number of rotatable bonds is 47. The third-order valence-electron chi connectivity index (χ3n) is 11.2. The largest absolute Gasteiger partial charge is 0.756 e. The summed E-state index contributed by atoms with van der Waals surface area (Å²) >= 11 is 0. The van der Waals surface area contributed by atoms with Gasteiger partial charge in [-0.25, -0.2) is 0 Å². The third-order valence-corrected chi connectivity index (χ3v) is 12.2. The maximum atomic E-state index is 12.9. The summed E-state index contributed by atoms with van der Waals surface area (Å²) in [6.45, 7) is 4.47. The molecule has 0 aromatic heterocycles. The van der Waals surface area contributed by atoms with Crippen molar-refractivity contribution in [2.45, 2.75) is 212 Å². The second kappa shape index (κ2) is 48.2. The number of carbonyl (C=O) groups is 1. The highest BCUT2D eigenvalue weighted by Gasteiger charge is 2.23. The van der Waals surface area contributed by atoms with Crippen molar-refractivity contribution in [3.05, 3.63) is 109 Å². The molecule has 0 aromatic carbocycles. The molecule has 0 heterocycles. The lowest BCUT2D eigenvalue weighted by atomic mass is 10.0. The van der Waals surface area contributed by atoms with Crippen molar-refractivity contribution in [1.29, 1.82) is 0 Å². The molecule has 0 radical (unpaired) electrons. The Bertz CT molecular complexity index is 1450. The van der Waals surface area contributed by atoms with Crippen LogP contribution < -0.4 is 10.2 Å². The minimum Gasteiger partial charge on any atom is -0.756 e. The number of aliphatic hydroxyl groups excluding tert-OH is 1. The minimum absolute atomic E-state index is 0.0120. The highest BCUT2D eigenvalue weighted by molar-refractivity contribution is 7.45. The molecule has 3 unspecified atom stereocenters. The topological polar surface area (TPSA) is 108 Å². The van der Waals surface area contributed by atoms with Crippen molar-refractivity contribution in [3.8, 4) is 0 Å². The average molecular weight is 953 g/mol. The van der Waals surface area contributed by atoms with Crippen LogP contribution in [0.1, 0.15) is 200 Å². The molecule has 0 aliphatic rings. The molecule has 384 valence electrons. The van der Waals surface area contributed by atoms with Gasteiger partial charge in [-0.15, -0.1) is 0 Å². The van der Waals surface area contributed by atoms with Crippen LogP contribution in [-0.2, 0) is 18.4 Å². The Morgan fingerprint density at radius 1 is 0.537 bits per heavy atom. The second-order valence-electron chi connectivity index (χ2n) is 18.8. The number of quaternary nitrogens is 1. The van der Waals surface area contributed by atoms with Gasteiger partial charge in [-0.3, -0.25) is 9.36 Å². The average Bonchev–Trinajstić information content (AvgIpc) is 3.29. The fourth-order valence-electron chi connectivity index (χ4n) is 7.03. The van der Waals surface area contributed by atoms with Crippen LogP contribution in [0, 0.1) is 0 Å². The predicted molar refractivity (Wildman–Crippen MR) is 288 cm³/mol. The van der Waals surface area contributed by atoms with Crippen molar-refractivity contribution in [2.24, 2.45) is 0 Å². The highest BCUT2D eigenvalue weighted by Crippen LogP contribution is 2.38. The van der Waals surface area contributed by atoms with Crippen LogP contribution in [0.3, 0.4) is 0 Å². The first-order valence-corrected chi connectivity index (χ1v) is 28.2. The smallest absolute Gasteiger partial charge is 0.268 e. The number of hydrogen-bond donors (Lipinski definition) is 2. The van der Waals surface area contributed by atoms with Crippen LogP contribution in [0.25, 0.3) is 0 Å². The van der Waals surface area contributed by atoms with E-state index in [1.807, 2.05) is 27.2 Å². The summed E-state index contributed by atoms with van der Waals surface area (Å²) in [5.41, 5.74) is 0. The molecule has 0 aromatic rings. The summed E-state index contributed by atoms with van der Waals surface area (Å²) in [6, 6.07) is -0.910. The van der Waals surface area contributed by atoms with E-state index in [1.54, 1.807) is 6.08 Å². The number of amides is 1. The number of nitrogens with zero attached hydrogens (tertiary/aromatic N) is 1. The maximum Gasteiger partial charge on any atom is 0.268 e. The Kier molecular flexibility index (Phi) is 46.2. The molecule has 0 rings (SSSR count). The lowest BCUT2D eigenvalue weighted by molar-refractivity contribution is -0.870. The van der Waals surface area contributed by atoms with Gasteiger partial charge in [0.2, 0.25) is 5.91 Å². The predicted octanol–water partition coefficient (Wildman–Crippen LogP) is 15.4. The van der Waals surface area contributed by atoms with E-state index in [9.17, 15) is 19.4 Å². The number of phosphoric acid groups is 1. The van der Waals surface area contributed by atoms with E-state index < -0.39 is 26.6 Å². The zero-order valence-corrected chi connectivity index (χ0v) is 44.5. The number of unbranched alkanes of at least 4 members (excludes halogenated alkanes) is 18. The molecule has 2 N–H and O–H groups in total. The number of hydrogen-bond acceptors (Lipinski definition) is 6. The Morgan fingerprint density at radius 2 is 0.925 bits per heavy atom. The van der Waals surface area contributed by atoms with Gasteiger partial charge >= 0.3 is 0 Å². The first kappa shape index (κ1) is 64.2. The molecular weight excluding hydrogens is 852 g/mol. The van der Waals surface area contributed by atoms with Crippen LogP contribution >= 0.6 is 7.82 Å². The monoisotopic (exact) mass is 953 g/mol. The molecule has 0 aliphatic heterocycles. The van der Waals surface area contributed by atoms with Gasteiger partial charge in [-0.2, -0.15) is 0 Å². The fourth-order valence-corrected chi connectivity index (χ4v) is 7.75.